The van der Waals surface area contributed by atoms with Crippen LogP contribution < -0.4 is 25.4 Å². The molecule has 4 nitrogen and oxygen atoms in total. The van der Waals surface area contributed by atoms with Gasteiger partial charge in [0, 0.05) is 24.8 Å². The van der Waals surface area contributed by atoms with Gasteiger partial charge >= 0.3 is 0 Å². The lowest BCUT2D eigenvalue weighted by Crippen LogP contribution is -2.27. The highest BCUT2D eigenvalue weighted by Crippen LogP contribution is 2.42. The number of rotatable bonds is 9. The predicted molar refractivity (Wildman–Crippen MR) is 148 cm³/mol. The highest BCUT2D eigenvalue weighted by molar-refractivity contribution is 7.80. The summed E-state index contributed by atoms with van der Waals surface area (Å²) in [4.78, 5) is 0. The summed E-state index contributed by atoms with van der Waals surface area (Å²) >= 11 is 0. The first kappa shape index (κ1) is 27.2. The van der Waals surface area contributed by atoms with Crippen LogP contribution in [0.25, 0.3) is 0 Å². The van der Waals surface area contributed by atoms with Gasteiger partial charge in [-0.3, -0.25) is 0 Å². The Bertz CT molecular complexity index is 1030. The zero-order valence-electron chi connectivity index (χ0n) is 22.3. The van der Waals surface area contributed by atoms with Crippen LogP contribution in [-0.2, 0) is 20.3 Å². The van der Waals surface area contributed by atoms with E-state index in [0.29, 0.717) is 0 Å². The fourth-order valence-corrected chi connectivity index (χ4v) is 6.33. The van der Waals surface area contributed by atoms with Gasteiger partial charge in [0.15, 0.2) is 13.6 Å². The molecule has 5 heteroatoms. The number of hydrogen-bond acceptors (Lipinski definition) is 4. The lowest BCUT2D eigenvalue weighted by molar-refractivity contribution is 0.0518. The van der Waals surface area contributed by atoms with Gasteiger partial charge in [-0.25, -0.2) is 0 Å². The Morgan fingerprint density at radius 1 is 0.600 bits per heavy atom. The summed E-state index contributed by atoms with van der Waals surface area (Å²) in [6.07, 6.45) is 0. The standard InChI is InChI=1S/C30H39O4P/c1-29(2,3)22-14-16-25(33-20-31-7)27(18-22)35(24-12-10-9-11-13-24)28-19-23(30(4,5)6)15-17-26(28)34-21-32-8/h9-19H,20-21H2,1-8H3. The second-order valence-electron chi connectivity index (χ2n) is 10.6. The van der Waals surface area contributed by atoms with E-state index in [1.54, 1.807) is 14.2 Å². The normalized spacial score (nSPS) is 12.1. The minimum Gasteiger partial charge on any atom is -0.467 e. The summed E-state index contributed by atoms with van der Waals surface area (Å²) in [5.41, 5.74) is 2.50. The van der Waals surface area contributed by atoms with Crippen molar-refractivity contribution in [2.45, 2.75) is 52.4 Å². The summed E-state index contributed by atoms with van der Waals surface area (Å²) in [5, 5.41) is 3.51. The molecule has 188 valence electrons. The molecule has 0 atom stereocenters. The minimum absolute atomic E-state index is 0.00509. The molecule has 0 heterocycles. The van der Waals surface area contributed by atoms with Gasteiger partial charge in [-0.15, -0.1) is 0 Å². The first-order valence-corrected chi connectivity index (χ1v) is 13.3. The van der Waals surface area contributed by atoms with Crippen molar-refractivity contribution in [1.82, 2.24) is 0 Å². The van der Waals surface area contributed by atoms with E-state index in [2.05, 4.69) is 108 Å². The smallest absolute Gasteiger partial charge is 0.188 e. The Morgan fingerprint density at radius 2 is 1.03 bits per heavy atom. The molecule has 0 aliphatic heterocycles. The number of benzene rings is 3. The molecule has 0 aromatic heterocycles. The summed E-state index contributed by atoms with van der Waals surface area (Å²) in [6.45, 7) is 13.8. The van der Waals surface area contributed by atoms with E-state index in [1.165, 1.54) is 16.4 Å². The third-order valence-corrected chi connectivity index (χ3v) is 8.29. The number of hydrogen-bond donors (Lipinski definition) is 0. The minimum atomic E-state index is -1.01. The highest BCUT2D eigenvalue weighted by Gasteiger charge is 2.28. The monoisotopic (exact) mass is 494 g/mol. The summed E-state index contributed by atoms with van der Waals surface area (Å²) in [5.74, 6) is 1.65. The molecule has 0 radical (unpaired) electrons. The Balaban J connectivity index is 2.34. The molecule has 0 fully saturated rings. The Labute approximate surface area is 212 Å². The van der Waals surface area contributed by atoms with Gasteiger partial charge in [-0.1, -0.05) is 84.0 Å². The molecule has 0 bridgehead atoms. The molecular formula is C30H39O4P. The van der Waals surface area contributed by atoms with Crippen LogP contribution >= 0.6 is 7.92 Å². The first-order chi connectivity index (χ1) is 16.6. The average Bonchev–Trinajstić information content (AvgIpc) is 2.82. The summed E-state index contributed by atoms with van der Waals surface area (Å²) in [6, 6.07) is 23.7. The molecule has 0 saturated carbocycles. The van der Waals surface area contributed by atoms with Gasteiger partial charge < -0.3 is 18.9 Å². The van der Waals surface area contributed by atoms with Gasteiger partial charge in [-0.2, -0.15) is 0 Å². The molecule has 0 aliphatic rings. The van der Waals surface area contributed by atoms with Crippen molar-refractivity contribution in [3.8, 4) is 11.5 Å². The van der Waals surface area contributed by atoms with Crippen molar-refractivity contribution in [3.63, 3.8) is 0 Å². The Morgan fingerprint density at radius 3 is 1.40 bits per heavy atom. The maximum absolute atomic E-state index is 6.12. The van der Waals surface area contributed by atoms with Crippen LogP contribution in [0, 0.1) is 0 Å². The fourth-order valence-electron chi connectivity index (χ4n) is 3.79. The van der Waals surface area contributed by atoms with E-state index < -0.39 is 7.92 Å². The van der Waals surface area contributed by atoms with E-state index in [4.69, 9.17) is 18.9 Å². The van der Waals surface area contributed by atoms with Crippen LogP contribution in [0.4, 0.5) is 0 Å². The van der Waals surface area contributed by atoms with E-state index in [1.807, 2.05) is 0 Å². The lowest BCUT2D eigenvalue weighted by atomic mass is 9.87. The van der Waals surface area contributed by atoms with E-state index in [9.17, 15) is 0 Å². The molecule has 0 spiro atoms. The predicted octanol–water partition coefficient (Wildman–Crippen LogP) is 6.01. The van der Waals surface area contributed by atoms with Crippen LogP contribution in [0.1, 0.15) is 52.7 Å². The second kappa shape index (κ2) is 11.6. The highest BCUT2D eigenvalue weighted by atomic mass is 31.1. The molecule has 0 unspecified atom stereocenters. The summed E-state index contributed by atoms with van der Waals surface area (Å²) < 4.78 is 22.8. The van der Waals surface area contributed by atoms with Gasteiger partial charge in [0.05, 0.1) is 0 Å². The molecule has 3 aromatic carbocycles. The Kier molecular flexibility index (Phi) is 8.99. The fraction of sp³-hybridized carbons (Fsp3) is 0.400. The maximum atomic E-state index is 6.12. The van der Waals surface area contributed by atoms with Crippen molar-refractivity contribution in [1.29, 1.82) is 0 Å². The van der Waals surface area contributed by atoms with Gasteiger partial charge in [0.25, 0.3) is 0 Å². The van der Waals surface area contributed by atoms with Gasteiger partial charge in [-0.05, 0) is 59.4 Å². The molecular weight excluding hydrogens is 455 g/mol. The zero-order valence-corrected chi connectivity index (χ0v) is 23.2. The number of ether oxygens (including phenoxy) is 4. The van der Waals surface area contributed by atoms with Crippen molar-refractivity contribution in [2.75, 3.05) is 27.8 Å². The van der Waals surface area contributed by atoms with Crippen molar-refractivity contribution in [2.24, 2.45) is 0 Å². The topological polar surface area (TPSA) is 36.9 Å². The quantitative estimate of drug-likeness (QED) is 0.270. The molecule has 3 rings (SSSR count). The molecule has 0 saturated heterocycles. The van der Waals surface area contributed by atoms with E-state index in [-0.39, 0.29) is 24.4 Å². The van der Waals surface area contributed by atoms with Crippen LogP contribution in [0.5, 0.6) is 11.5 Å². The SMILES string of the molecule is COCOc1ccc(C(C)(C)C)cc1P(c1ccccc1)c1cc(C(C)(C)C)ccc1OCOC. The van der Waals surface area contributed by atoms with Crippen molar-refractivity contribution < 1.29 is 18.9 Å². The zero-order chi connectivity index (χ0) is 25.6. The maximum Gasteiger partial charge on any atom is 0.188 e. The molecule has 35 heavy (non-hydrogen) atoms. The molecule has 0 N–H and O–H groups in total. The lowest BCUT2D eigenvalue weighted by Gasteiger charge is -2.29. The molecule has 0 aliphatic carbocycles. The van der Waals surface area contributed by atoms with Gasteiger partial charge in [0.2, 0.25) is 0 Å². The Hall–Kier alpha value is -2.39. The third kappa shape index (κ3) is 6.85. The van der Waals surface area contributed by atoms with Crippen LogP contribution in [-0.4, -0.2) is 27.8 Å². The van der Waals surface area contributed by atoms with E-state index in [0.717, 1.165) is 22.1 Å². The number of methoxy groups -OCH3 is 2. The van der Waals surface area contributed by atoms with Crippen LogP contribution in [0.15, 0.2) is 66.7 Å². The first-order valence-electron chi connectivity index (χ1n) is 11.9. The average molecular weight is 495 g/mol. The molecule has 3 aromatic rings. The van der Waals surface area contributed by atoms with E-state index >= 15 is 0 Å². The largest absolute Gasteiger partial charge is 0.467 e. The third-order valence-electron chi connectivity index (χ3n) is 5.81. The molecule has 0 amide bonds. The second-order valence-corrected chi connectivity index (χ2v) is 12.8. The van der Waals surface area contributed by atoms with Crippen LogP contribution in [0.3, 0.4) is 0 Å². The van der Waals surface area contributed by atoms with Gasteiger partial charge in [0.1, 0.15) is 11.5 Å². The van der Waals surface area contributed by atoms with Crippen molar-refractivity contribution in [3.05, 3.63) is 77.9 Å². The summed E-state index contributed by atoms with van der Waals surface area (Å²) in [7, 11) is 2.28. The van der Waals surface area contributed by atoms with Crippen LogP contribution in [0.2, 0.25) is 0 Å². The van der Waals surface area contributed by atoms with Crippen molar-refractivity contribution >= 4 is 23.8 Å².